The van der Waals surface area contributed by atoms with Gasteiger partial charge in [0.25, 0.3) is 0 Å². The van der Waals surface area contributed by atoms with Crippen LogP contribution in [0.1, 0.15) is 28.9 Å². The van der Waals surface area contributed by atoms with Gasteiger partial charge in [-0.2, -0.15) is 0 Å². The third-order valence-electron chi connectivity index (χ3n) is 4.79. The first kappa shape index (κ1) is 19.3. The minimum atomic E-state index is -0.00476. The number of anilines is 1. The van der Waals surface area contributed by atoms with E-state index in [4.69, 9.17) is 0 Å². The Balaban J connectivity index is 1.48. The second kappa shape index (κ2) is 8.57. The summed E-state index contributed by atoms with van der Waals surface area (Å²) in [4.78, 5) is 35.5. The van der Waals surface area contributed by atoms with Crippen LogP contribution in [-0.4, -0.2) is 34.0 Å². The van der Waals surface area contributed by atoms with E-state index in [9.17, 15) is 9.59 Å². The van der Waals surface area contributed by atoms with Gasteiger partial charge in [-0.25, -0.2) is 9.97 Å². The molecule has 5 nitrogen and oxygen atoms in total. The zero-order chi connectivity index (χ0) is 20.2. The van der Waals surface area contributed by atoms with Gasteiger partial charge in [0.15, 0.2) is 10.9 Å². The van der Waals surface area contributed by atoms with Crippen LogP contribution in [0.2, 0.25) is 0 Å². The molecule has 3 aromatic rings. The van der Waals surface area contributed by atoms with Crippen molar-refractivity contribution in [3.8, 4) is 11.3 Å². The molecule has 1 saturated heterocycles. The van der Waals surface area contributed by atoms with E-state index >= 15 is 0 Å². The summed E-state index contributed by atoms with van der Waals surface area (Å²) in [6, 6.07) is 19.2. The van der Waals surface area contributed by atoms with Crippen molar-refractivity contribution >= 4 is 29.1 Å². The maximum Gasteiger partial charge on any atom is 0.227 e. The minimum Gasteiger partial charge on any atom is -0.312 e. The summed E-state index contributed by atoms with van der Waals surface area (Å²) in [7, 11) is 0. The number of thioether (sulfide) groups is 1. The van der Waals surface area contributed by atoms with Crippen molar-refractivity contribution in [1.29, 1.82) is 0 Å². The highest BCUT2D eigenvalue weighted by Crippen LogP contribution is 2.25. The molecule has 1 aliphatic heterocycles. The van der Waals surface area contributed by atoms with E-state index in [0.29, 0.717) is 23.7 Å². The monoisotopic (exact) mass is 403 g/mol. The second-order valence-corrected chi connectivity index (χ2v) is 7.90. The zero-order valence-corrected chi connectivity index (χ0v) is 17.0. The second-order valence-electron chi connectivity index (χ2n) is 6.95. The molecule has 6 heteroatoms. The van der Waals surface area contributed by atoms with Gasteiger partial charge in [0, 0.05) is 35.5 Å². The van der Waals surface area contributed by atoms with Crippen molar-refractivity contribution in [3.05, 3.63) is 71.9 Å². The highest BCUT2D eigenvalue weighted by atomic mass is 32.2. The molecule has 0 N–H and O–H groups in total. The van der Waals surface area contributed by atoms with Gasteiger partial charge in [-0.05, 0) is 31.5 Å². The molecule has 1 aliphatic rings. The van der Waals surface area contributed by atoms with Crippen LogP contribution >= 0.6 is 11.8 Å². The number of rotatable bonds is 6. The van der Waals surface area contributed by atoms with Crippen molar-refractivity contribution in [2.24, 2.45) is 0 Å². The standard InChI is InChI=1S/C23H21N3O2S/c1-16-13-20(17-7-3-2-4-8-17)25-23(24-16)29-15-21(27)18-9-5-10-19(14-18)26-12-6-11-22(26)28/h2-5,7-10,13-14H,6,11-12,15H2,1H3. The van der Waals surface area contributed by atoms with Gasteiger partial charge < -0.3 is 4.90 Å². The molecule has 0 unspecified atom stereocenters. The van der Waals surface area contributed by atoms with E-state index in [-0.39, 0.29) is 17.4 Å². The number of hydrogen-bond donors (Lipinski definition) is 0. The number of amides is 1. The van der Waals surface area contributed by atoms with Crippen molar-refractivity contribution in [3.63, 3.8) is 0 Å². The van der Waals surface area contributed by atoms with E-state index in [1.165, 1.54) is 11.8 Å². The summed E-state index contributed by atoms with van der Waals surface area (Å²) in [5, 5.41) is 0.586. The van der Waals surface area contributed by atoms with Gasteiger partial charge in [-0.15, -0.1) is 0 Å². The summed E-state index contributed by atoms with van der Waals surface area (Å²) in [6.45, 7) is 2.64. The molecular formula is C23H21N3O2S. The number of carbonyl (C=O) groups is 2. The van der Waals surface area contributed by atoms with Crippen LogP contribution in [0.5, 0.6) is 0 Å². The Kier molecular flexibility index (Phi) is 5.71. The van der Waals surface area contributed by atoms with Gasteiger partial charge in [0.1, 0.15) is 0 Å². The predicted molar refractivity (Wildman–Crippen MR) is 115 cm³/mol. The number of aryl methyl sites for hydroxylation is 1. The molecule has 1 amide bonds. The van der Waals surface area contributed by atoms with Crippen LogP contribution in [0.3, 0.4) is 0 Å². The molecular weight excluding hydrogens is 382 g/mol. The van der Waals surface area contributed by atoms with E-state index in [2.05, 4.69) is 9.97 Å². The van der Waals surface area contributed by atoms with Crippen molar-refractivity contribution in [1.82, 2.24) is 9.97 Å². The Hall–Kier alpha value is -2.99. The summed E-state index contributed by atoms with van der Waals surface area (Å²) in [5.41, 5.74) is 4.13. The third-order valence-corrected chi connectivity index (χ3v) is 5.64. The van der Waals surface area contributed by atoms with Gasteiger partial charge in [0.2, 0.25) is 5.91 Å². The summed E-state index contributed by atoms with van der Waals surface area (Å²) < 4.78 is 0. The lowest BCUT2D eigenvalue weighted by atomic mass is 10.1. The van der Waals surface area contributed by atoms with E-state index < -0.39 is 0 Å². The number of aromatic nitrogens is 2. The molecule has 0 saturated carbocycles. The molecule has 2 heterocycles. The molecule has 1 aromatic heterocycles. The lowest BCUT2D eigenvalue weighted by molar-refractivity contribution is -0.117. The minimum absolute atomic E-state index is 0.00476. The number of carbonyl (C=O) groups excluding carboxylic acids is 2. The molecule has 2 aromatic carbocycles. The van der Waals surface area contributed by atoms with Crippen LogP contribution in [0.4, 0.5) is 5.69 Å². The van der Waals surface area contributed by atoms with Crippen LogP contribution < -0.4 is 4.90 Å². The first-order valence-electron chi connectivity index (χ1n) is 9.58. The molecule has 0 radical (unpaired) electrons. The quantitative estimate of drug-likeness (QED) is 0.343. The average molecular weight is 404 g/mol. The molecule has 146 valence electrons. The number of Topliss-reactive ketones (excluding diaryl/α,β-unsaturated/α-hetero) is 1. The smallest absolute Gasteiger partial charge is 0.227 e. The maximum absolute atomic E-state index is 12.7. The Labute approximate surface area is 174 Å². The lowest BCUT2D eigenvalue weighted by Crippen LogP contribution is -2.23. The molecule has 0 aliphatic carbocycles. The first-order chi connectivity index (χ1) is 14.1. The molecule has 29 heavy (non-hydrogen) atoms. The largest absolute Gasteiger partial charge is 0.312 e. The topological polar surface area (TPSA) is 63.2 Å². The molecule has 4 rings (SSSR count). The van der Waals surface area contributed by atoms with Crippen LogP contribution in [0.15, 0.2) is 65.8 Å². The van der Waals surface area contributed by atoms with E-state index in [1.54, 1.807) is 17.0 Å². The summed E-state index contributed by atoms with van der Waals surface area (Å²) >= 11 is 1.33. The predicted octanol–water partition coefficient (Wildman–Crippen LogP) is 4.55. The summed E-state index contributed by atoms with van der Waals surface area (Å²) in [5.74, 6) is 0.357. The lowest BCUT2D eigenvalue weighted by Gasteiger charge is -2.16. The fraction of sp³-hybridized carbons (Fsp3) is 0.217. The fourth-order valence-electron chi connectivity index (χ4n) is 3.34. The van der Waals surface area contributed by atoms with Crippen LogP contribution in [0, 0.1) is 6.92 Å². The fourth-order valence-corrected chi connectivity index (χ4v) is 4.14. The highest BCUT2D eigenvalue weighted by Gasteiger charge is 2.22. The molecule has 0 spiro atoms. The Morgan fingerprint density at radius 3 is 2.66 bits per heavy atom. The SMILES string of the molecule is Cc1cc(-c2ccccc2)nc(SCC(=O)c2cccc(N3CCCC3=O)c2)n1. The van der Waals surface area contributed by atoms with Gasteiger partial charge >= 0.3 is 0 Å². The van der Waals surface area contributed by atoms with E-state index in [1.807, 2.05) is 55.5 Å². The Morgan fingerprint density at radius 1 is 1.07 bits per heavy atom. The summed E-state index contributed by atoms with van der Waals surface area (Å²) in [6.07, 6.45) is 1.43. The number of nitrogens with zero attached hydrogens (tertiary/aromatic N) is 3. The third kappa shape index (κ3) is 4.54. The average Bonchev–Trinajstić information content (AvgIpc) is 3.18. The molecule has 1 fully saturated rings. The zero-order valence-electron chi connectivity index (χ0n) is 16.2. The maximum atomic E-state index is 12.7. The number of benzene rings is 2. The van der Waals surface area contributed by atoms with Crippen molar-refractivity contribution in [2.45, 2.75) is 24.9 Å². The Morgan fingerprint density at radius 2 is 1.90 bits per heavy atom. The Bertz CT molecular complexity index is 1050. The highest BCUT2D eigenvalue weighted by molar-refractivity contribution is 7.99. The number of hydrogen-bond acceptors (Lipinski definition) is 5. The van der Waals surface area contributed by atoms with Crippen molar-refractivity contribution < 1.29 is 9.59 Å². The molecule has 0 bridgehead atoms. The van der Waals surface area contributed by atoms with Gasteiger partial charge in [0.05, 0.1) is 11.4 Å². The van der Waals surface area contributed by atoms with Crippen molar-refractivity contribution in [2.75, 3.05) is 17.2 Å². The first-order valence-corrected chi connectivity index (χ1v) is 10.6. The normalized spacial score (nSPS) is 13.7. The van der Waals surface area contributed by atoms with Crippen LogP contribution in [0.25, 0.3) is 11.3 Å². The van der Waals surface area contributed by atoms with E-state index in [0.717, 1.165) is 29.1 Å². The van der Waals surface area contributed by atoms with Gasteiger partial charge in [-0.3, -0.25) is 9.59 Å². The molecule has 0 atom stereocenters. The van der Waals surface area contributed by atoms with Crippen LogP contribution in [-0.2, 0) is 4.79 Å². The number of ketones is 1. The van der Waals surface area contributed by atoms with Gasteiger partial charge in [-0.1, -0.05) is 54.2 Å².